The second-order valence-corrected chi connectivity index (χ2v) is 2.51. The van der Waals surface area contributed by atoms with Crippen LogP contribution in [0.25, 0.3) is 0 Å². The average Bonchev–Trinajstić information content (AvgIpc) is 2.11. The fraction of sp³-hybridized carbons (Fsp3) is 0.250. The van der Waals surface area contributed by atoms with Gasteiger partial charge in [0.2, 0.25) is 11.1 Å². The summed E-state index contributed by atoms with van der Waals surface area (Å²) in [4.78, 5) is 7.02. The van der Waals surface area contributed by atoms with Crippen molar-refractivity contribution < 1.29 is 9.13 Å². The molecule has 0 radical (unpaired) electrons. The van der Waals surface area contributed by atoms with Crippen molar-refractivity contribution in [1.29, 1.82) is 0 Å². The van der Waals surface area contributed by atoms with Gasteiger partial charge in [-0.3, -0.25) is 0 Å². The van der Waals surface area contributed by atoms with Crippen LogP contribution in [0.2, 0.25) is 5.28 Å². The second-order valence-electron chi connectivity index (χ2n) is 2.17. The van der Waals surface area contributed by atoms with Crippen molar-refractivity contribution in [2.75, 3.05) is 6.61 Å². The van der Waals surface area contributed by atoms with E-state index in [2.05, 4.69) is 9.97 Å². The summed E-state index contributed by atoms with van der Waals surface area (Å²) in [6.45, 7) is 2.10. The fourth-order valence-corrected chi connectivity index (χ4v) is 0.781. The van der Waals surface area contributed by atoms with Gasteiger partial charge in [-0.1, -0.05) is 12.2 Å². The molecule has 1 aromatic heterocycles. The lowest BCUT2D eigenvalue weighted by atomic mass is 10.5. The van der Waals surface area contributed by atoms with Crippen molar-refractivity contribution in [1.82, 2.24) is 9.97 Å². The molecule has 0 aliphatic heterocycles. The predicted octanol–water partition coefficient (Wildman–Crippen LogP) is 2.22. The average molecular weight is 203 g/mol. The normalized spacial score (nSPS) is 10.7. The molecular formula is C8H8ClFN2O. The predicted molar refractivity (Wildman–Crippen MR) is 47.3 cm³/mol. The number of aromatic nitrogens is 2. The molecule has 5 heteroatoms. The van der Waals surface area contributed by atoms with Crippen LogP contribution >= 0.6 is 11.6 Å². The van der Waals surface area contributed by atoms with Crippen LogP contribution in [0.4, 0.5) is 4.39 Å². The van der Waals surface area contributed by atoms with Crippen LogP contribution < -0.4 is 4.74 Å². The molecule has 13 heavy (non-hydrogen) atoms. The van der Waals surface area contributed by atoms with Gasteiger partial charge < -0.3 is 4.74 Å². The molecule has 0 fully saturated rings. The first-order valence-electron chi connectivity index (χ1n) is 3.66. The van der Waals surface area contributed by atoms with E-state index < -0.39 is 5.82 Å². The zero-order chi connectivity index (χ0) is 9.68. The molecule has 1 rings (SSSR count). The van der Waals surface area contributed by atoms with Gasteiger partial charge in [0.25, 0.3) is 5.88 Å². The maximum atomic E-state index is 12.9. The van der Waals surface area contributed by atoms with Crippen LogP contribution in [0, 0.1) is 5.82 Å². The Labute approximate surface area is 80.2 Å². The van der Waals surface area contributed by atoms with E-state index >= 15 is 0 Å². The molecule has 0 N–H and O–H groups in total. The summed E-state index contributed by atoms with van der Waals surface area (Å²) in [6, 6.07) is 0. The van der Waals surface area contributed by atoms with E-state index in [4.69, 9.17) is 16.3 Å². The Hall–Kier alpha value is -1.16. The van der Waals surface area contributed by atoms with Crippen molar-refractivity contribution in [2.45, 2.75) is 6.92 Å². The molecule has 70 valence electrons. The number of ether oxygens (including phenoxy) is 1. The van der Waals surface area contributed by atoms with Crippen molar-refractivity contribution in [3.63, 3.8) is 0 Å². The summed E-state index contributed by atoms with van der Waals surface area (Å²) < 4.78 is 17.8. The SMILES string of the molecule is CC=CCOc1nc(Cl)ncc1F. The number of nitrogens with zero attached hydrogens (tertiary/aromatic N) is 2. The molecule has 0 bridgehead atoms. The monoisotopic (exact) mass is 202 g/mol. The molecule has 0 atom stereocenters. The number of allylic oxidation sites excluding steroid dienone is 1. The van der Waals surface area contributed by atoms with Gasteiger partial charge in [0.05, 0.1) is 6.20 Å². The molecule has 0 aromatic carbocycles. The quantitative estimate of drug-likeness (QED) is 0.557. The van der Waals surface area contributed by atoms with Crippen molar-refractivity contribution in [2.24, 2.45) is 0 Å². The maximum absolute atomic E-state index is 12.9. The third-order valence-electron chi connectivity index (χ3n) is 1.23. The minimum atomic E-state index is -0.617. The maximum Gasteiger partial charge on any atom is 0.255 e. The summed E-state index contributed by atoms with van der Waals surface area (Å²) in [7, 11) is 0. The first-order valence-corrected chi connectivity index (χ1v) is 4.04. The molecule has 0 unspecified atom stereocenters. The molecule has 1 heterocycles. The molecule has 0 aliphatic rings. The van der Waals surface area contributed by atoms with E-state index in [0.717, 1.165) is 6.20 Å². The minimum absolute atomic E-state index is 0.0307. The van der Waals surface area contributed by atoms with Crippen molar-refractivity contribution in [3.05, 3.63) is 29.4 Å². The molecule has 0 aliphatic carbocycles. The molecule has 0 spiro atoms. The van der Waals surface area contributed by atoms with E-state index in [1.807, 2.05) is 6.92 Å². The first kappa shape index (κ1) is 9.92. The number of rotatable bonds is 3. The van der Waals surface area contributed by atoms with Gasteiger partial charge in [0, 0.05) is 0 Å². The standard InChI is InChI=1S/C8H8ClFN2O/c1-2-3-4-13-7-6(10)5-11-8(9)12-7/h2-3,5H,4H2,1H3. The number of hydrogen-bond donors (Lipinski definition) is 0. The third-order valence-corrected chi connectivity index (χ3v) is 1.42. The van der Waals surface area contributed by atoms with E-state index in [1.165, 1.54) is 0 Å². The summed E-state index contributed by atoms with van der Waals surface area (Å²) in [5.41, 5.74) is 0. The Morgan fingerprint density at radius 3 is 3.15 bits per heavy atom. The van der Waals surface area contributed by atoms with Crippen molar-refractivity contribution >= 4 is 11.6 Å². The van der Waals surface area contributed by atoms with Gasteiger partial charge in [0.1, 0.15) is 6.61 Å². The van der Waals surface area contributed by atoms with E-state index in [9.17, 15) is 4.39 Å². The Bertz CT molecular complexity index is 317. The molecule has 0 saturated carbocycles. The molecular weight excluding hydrogens is 195 g/mol. The largest absolute Gasteiger partial charge is 0.471 e. The van der Waals surface area contributed by atoms with Gasteiger partial charge in [-0.2, -0.15) is 9.37 Å². The third kappa shape index (κ3) is 2.99. The van der Waals surface area contributed by atoms with E-state index in [0.29, 0.717) is 0 Å². The van der Waals surface area contributed by atoms with Gasteiger partial charge in [-0.25, -0.2) is 4.98 Å². The molecule has 1 aromatic rings. The summed E-state index contributed by atoms with van der Waals surface area (Å²) in [5.74, 6) is -0.744. The van der Waals surface area contributed by atoms with Gasteiger partial charge >= 0.3 is 0 Å². The van der Waals surface area contributed by atoms with Crippen LogP contribution in [0.3, 0.4) is 0 Å². The zero-order valence-electron chi connectivity index (χ0n) is 7.00. The highest BCUT2D eigenvalue weighted by molar-refractivity contribution is 6.28. The van der Waals surface area contributed by atoms with Crippen LogP contribution in [-0.2, 0) is 0 Å². The Morgan fingerprint density at radius 2 is 2.46 bits per heavy atom. The second kappa shape index (κ2) is 4.77. The highest BCUT2D eigenvalue weighted by Crippen LogP contribution is 2.14. The van der Waals surface area contributed by atoms with Gasteiger partial charge in [-0.15, -0.1) is 0 Å². The number of halogens is 2. The van der Waals surface area contributed by atoms with Crippen LogP contribution in [0.15, 0.2) is 18.3 Å². The zero-order valence-corrected chi connectivity index (χ0v) is 7.75. The first-order chi connectivity index (χ1) is 6.24. The fourth-order valence-electron chi connectivity index (χ4n) is 0.656. The minimum Gasteiger partial charge on any atom is -0.471 e. The highest BCUT2D eigenvalue weighted by Gasteiger charge is 2.05. The van der Waals surface area contributed by atoms with Crippen LogP contribution in [-0.4, -0.2) is 16.6 Å². The Balaban J connectivity index is 2.69. The summed E-state index contributed by atoms with van der Waals surface area (Å²) in [5, 5.41) is -0.0307. The lowest BCUT2D eigenvalue weighted by molar-refractivity contribution is 0.325. The topological polar surface area (TPSA) is 35.0 Å². The van der Waals surface area contributed by atoms with E-state index in [1.54, 1.807) is 12.2 Å². The highest BCUT2D eigenvalue weighted by atomic mass is 35.5. The number of hydrogen-bond acceptors (Lipinski definition) is 3. The Morgan fingerprint density at radius 1 is 1.69 bits per heavy atom. The lowest BCUT2D eigenvalue weighted by Crippen LogP contribution is -1.99. The van der Waals surface area contributed by atoms with Gasteiger partial charge in [-0.05, 0) is 18.5 Å². The molecule has 3 nitrogen and oxygen atoms in total. The lowest BCUT2D eigenvalue weighted by Gasteiger charge is -2.02. The van der Waals surface area contributed by atoms with Crippen molar-refractivity contribution in [3.8, 4) is 5.88 Å². The smallest absolute Gasteiger partial charge is 0.255 e. The van der Waals surface area contributed by atoms with Gasteiger partial charge in [0.15, 0.2) is 0 Å². The summed E-state index contributed by atoms with van der Waals surface area (Å²) in [6.07, 6.45) is 4.50. The molecule has 0 amide bonds. The molecule has 0 saturated heterocycles. The summed E-state index contributed by atoms with van der Waals surface area (Å²) >= 11 is 5.44. The van der Waals surface area contributed by atoms with Crippen LogP contribution in [0.1, 0.15) is 6.92 Å². The Kier molecular flexibility index (Phi) is 3.64. The van der Waals surface area contributed by atoms with E-state index in [-0.39, 0.29) is 17.8 Å². The van der Waals surface area contributed by atoms with Crippen LogP contribution in [0.5, 0.6) is 5.88 Å².